The second kappa shape index (κ2) is 4.11. The molecule has 0 fully saturated rings. The lowest BCUT2D eigenvalue weighted by molar-refractivity contribution is -0.115. The van der Waals surface area contributed by atoms with Crippen LogP contribution in [0.5, 0.6) is 0 Å². The van der Waals surface area contributed by atoms with Crippen molar-refractivity contribution in [3.63, 3.8) is 0 Å². The van der Waals surface area contributed by atoms with E-state index in [1.807, 2.05) is 0 Å². The van der Waals surface area contributed by atoms with Gasteiger partial charge in [-0.2, -0.15) is 0 Å². The molecule has 90 valence electrons. The predicted octanol–water partition coefficient (Wildman–Crippen LogP) is -0.370. The summed E-state index contributed by atoms with van der Waals surface area (Å²) in [4.78, 5) is 14.3. The number of nitrogens with two attached hydrogens (primary N) is 1. The number of aromatic nitrogens is 1. The number of nitrogens with zero attached hydrogens (tertiary/aromatic N) is 1. The third-order valence-electron chi connectivity index (χ3n) is 1.71. The van der Waals surface area contributed by atoms with Crippen LogP contribution >= 0.6 is 11.3 Å². The van der Waals surface area contributed by atoms with Crippen molar-refractivity contribution in [1.29, 1.82) is 0 Å². The number of hydrogen-bond donors (Lipinski definition) is 2. The monoisotopic (exact) mass is 264 g/mol. The molecule has 16 heavy (non-hydrogen) atoms. The van der Waals surface area contributed by atoms with Crippen LogP contribution in [0.3, 0.4) is 0 Å². The fraction of sp³-hybridized carbons (Fsp3) is 0.500. The molecule has 0 saturated heterocycles. The summed E-state index contributed by atoms with van der Waals surface area (Å²) in [5.74, 6) is -1.70. The van der Waals surface area contributed by atoms with Gasteiger partial charge < -0.3 is 10.8 Å². The van der Waals surface area contributed by atoms with Gasteiger partial charge in [-0.3, -0.25) is 4.79 Å². The Bertz CT molecular complexity index is 498. The molecule has 3 N–H and O–H groups in total. The molecule has 1 amide bonds. The van der Waals surface area contributed by atoms with E-state index in [2.05, 4.69) is 4.98 Å². The molecule has 1 aromatic rings. The van der Waals surface area contributed by atoms with Crippen molar-refractivity contribution in [3.05, 3.63) is 11.1 Å². The maximum Gasteiger partial charge on any atom is 0.233 e. The summed E-state index contributed by atoms with van der Waals surface area (Å²) in [6.07, 6.45) is 0. The zero-order valence-corrected chi connectivity index (χ0v) is 10.4. The third kappa shape index (κ3) is 3.00. The molecule has 0 atom stereocenters. The van der Waals surface area contributed by atoms with E-state index in [4.69, 9.17) is 5.73 Å². The van der Waals surface area contributed by atoms with E-state index < -0.39 is 27.1 Å². The summed E-state index contributed by atoms with van der Waals surface area (Å²) >= 11 is 0.858. The van der Waals surface area contributed by atoms with Gasteiger partial charge in [0.15, 0.2) is 0 Å². The minimum absolute atomic E-state index is 0.205. The van der Waals surface area contributed by atoms with Crippen LogP contribution in [-0.2, 0) is 20.2 Å². The van der Waals surface area contributed by atoms with Crippen molar-refractivity contribution in [1.82, 2.24) is 4.98 Å². The van der Waals surface area contributed by atoms with Gasteiger partial charge in [0.2, 0.25) is 20.1 Å². The number of amides is 1. The standard InChI is InChI=1S/C8H12N2O4S2/c1-8(2,12)5-3-15-7(10-5)16(13,14)4-6(9)11/h3,12H,4H2,1-2H3,(H2,9,11). The topological polar surface area (TPSA) is 110 Å². The van der Waals surface area contributed by atoms with Crippen LogP contribution in [0.15, 0.2) is 9.72 Å². The van der Waals surface area contributed by atoms with E-state index in [9.17, 15) is 18.3 Å². The number of sulfone groups is 1. The number of thiazole rings is 1. The van der Waals surface area contributed by atoms with Crippen LogP contribution in [0.4, 0.5) is 0 Å². The van der Waals surface area contributed by atoms with E-state index in [0.29, 0.717) is 0 Å². The molecular weight excluding hydrogens is 252 g/mol. The first kappa shape index (κ1) is 13.1. The van der Waals surface area contributed by atoms with Crippen LogP contribution in [-0.4, -0.2) is 30.2 Å². The van der Waals surface area contributed by atoms with Crippen molar-refractivity contribution in [3.8, 4) is 0 Å². The Morgan fingerprint density at radius 2 is 2.19 bits per heavy atom. The molecular formula is C8H12N2O4S2. The molecule has 6 nitrogen and oxygen atoms in total. The van der Waals surface area contributed by atoms with E-state index >= 15 is 0 Å². The summed E-state index contributed by atoms with van der Waals surface area (Å²) < 4.78 is 22.9. The molecule has 0 aliphatic rings. The van der Waals surface area contributed by atoms with Crippen molar-refractivity contribution in [2.75, 3.05) is 5.75 Å². The molecule has 0 aliphatic carbocycles. The Labute approximate surface area is 97.0 Å². The average molecular weight is 264 g/mol. The number of rotatable bonds is 4. The van der Waals surface area contributed by atoms with Gasteiger partial charge in [-0.25, -0.2) is 13.4 Å². The molecule has 1 rings (SSSR count). The van der Waals surface area contributed by atoms with Crippen LogP contribution in [0.25, 0.3) is 0 Å². The second-order valence-electron chi connectivity index (χ2n) is 3.78. The van der Waals surface area contributed by atoms with Crippen molar-refractivity contribution in [2.45, 2.75) is 23.8 Å². The fourth-order valence-electron chi connectivity index (χ4n) is 0.930. The molecule has 0 radical (unpaired) electrons. The minimum Gasteiger partial charge on any atom is -0.384 e. The first-order valence-corrected chi connectivity index (χ1v) is 6.85. The SMILES string of the molecule is CC(C)(O)c1csc(S(=O)(=O)CC(N)=O)n1. The molecule has 0 aliphatic heterocycles. The van der Waals surface area contributed by atoms with E-state index in [1.165, 1.54) is 19.2 Å². The van der Waals surface area contributed by atoms with E-state index in [1.54, 1.807) is 0 Å². The quantitative estimate of drug-likeness (QED) is 0.771. The Balaban J connectivity index is 3.08. The molecule has 0 saturated carbocycles. The Kier molecular flexibility index (Phi) is 3.36. The zero-order valence-electron chi connectivity index (χ0n) is 8.80. The predicted molar refractivity (Wildman–Crippen MR) is 58.6 cm³/mol. The highest BCUT2D eigenvalue weighted by atomic mass is 32.2. The van der Waals surface area contributed by atoms with Gasteiger partial charge in [-0.1, -0.05) is 0 Å². The maximum absolute atomic E-state index is 11.5. The summed E-state index contributed by atoms with van der Waals surface area (Å²) in [5, 5.41) is 11.0. The number of hydrogen-bond acceptors (Lipinski definition) is 6. The highest BCUT2D eigenvalue weighted by Gasteiger charge is 2.26. The first-order valence-electron chi connectivity index (χ1n) is 4.32. The molecule has 0 spiro atoms. The van der Waals surface area contributed by atoms with Gasteiger partial charge in [0.1, 0.15) is 11.4 Å². The summed E-state index contributed by atoms with van der Waals surface area (Å²) in [5.41, 5.74) is 3.86. The lowest BCUT2D eigenvalue weighted by Crippen LogP contribution is -2.23. The van der Waals surface area contributed by atoms with Crippen molar-refractivity contribution >= 4 is 27.1 Å². The van der Waals surface area contributed by atoms with Crippen molar-refractivity contribution < 1.29 is 18.3 Å². The van der Waals surface area contributed by atoms with Gasteiger partial charge in [-0.05, 0) is 13.8 Å². The van der Waals surface area contributed by atoms with Gasteiger partial charge in [-0.15, -0.1) is 11.3 Å². The second-order valence-corrected chi connectivity index (χ2v) is 6.80. The number of carbonyl (C=O) groups is 1. The smallest absolute Gasteiger partial charge is 0.233 e. The Hall–Kier alpha value is -0.990. The summed E-state index contributed by atoms with van der Waals surface area (Å²) in [6, 6.07) is 0. The van der Waals surface area contributed by atoms with Crippen LogP contribution in [0.2, 0.25) is 0 Å². The zero-order chi connectivity index (χ0) is 12.6. The normalized spacial score (nSPS) is 12.7. The van der Waals surface area contributed by atoms with Crippen molar-refractivity contribution in [2.24, 2.45) is 5.73 Å². The number of primary amides is 1. The highest BCUT2D eigenvalue weighted by molar-refractivity contribution is 7.93. The number of aliphatic hydroxyl groups is 1. The van der Waals surface area contributed by atoms with Crippen LogP contribution < -0.4 is 5.73 Å². The molecule has 8 heteroatoms. The van der Waals surface area contributed by atoms with E-state index in [0.717, 1.165) is 11.3 Å². The van der Waals surface area contributed by atoms with Gasteiger partial charge in [0.05, 0.1) is 5.69 Å². The maximum atomic E-state index is 11.5. The summed E-state index contributed by atoms with van der Waals surface area (Å²) in [6.45, 7) is 2.99. The first-order chi connectivity index (χ1) is 7.13. The lowest BCUT2D eigenvalue weighted by Gasteiger charge is -2.12. The molecule has 0 aromatic carbocycles. The average Bonchev–Trinajstić information content (AvgIpc) is 2.47. The third-order valence-corrected chi connectivity index (χ3v) is 4.68. The Morgan fingerprint density at radius 1 is 1.62 bits per heavy atom. The van der Waals surface area contributed by atoms with Gasteiger partial charge >= 0.3 is 0 Å². The van der Waals surface area contributed by atoms with Gasteiger partial charge in [0.25, 0.3) is 0 Å². The van der Waals surface area contributed by atoms with Crippen LogP contribution in [0.1, 0.15) is 19.5 Å². The molecule has 0 bridgehead atoms. The molecule has 1 aromatic heterocycles. The van der Waals surface area contributed by atoms with Crippen LogP contribution in [0, 0.1) is 0 Å². The minimum atomic E-state index is -3.78. The highest BCUT2D eigenvalue weighted by Crippen LogP contribution is 2.24. The van der Waals surface area contributed by atoms with E-state index in [-0.39, 0.29) is 10.0 Å². The fourth-order valence-corrected chi connectivity index (χ4v) is 3.28. The Morgan fingerprint density at radius 3 is 2.56 bits per heavy atom. The number of carbonyl (C=O) groups excluding carboxylic acids is 1. The van der Waals surface area contributed by atoms with Gasteiger partial charge in [0, 0.05) is 5.38 Å². The molecule has 1 heterocycles. The lowest BCUT2D eigenvalue weighted by atomic mass is 10.1. The molecule has 0 unspecified atom stereocenters. The summed E-state index contributed by atoms with van der Waals surface area (Å²) in [7, 11) is -3.78. The largest absolute Gasteiger partial charge is 0.384 e.